The molecule has 15 heteroatoms. The number of allylic oxidation sites excluding steroid dienone is 1. The second-order valence-corrected chi connectivity index (χ2v) is 11.1. The topological polar surface area (TPSA) is 186 Å². The van der Waals surface area contributed by atoms with Crippen molar-refractivity contribution >= 4 is 40.1 Å². The maximum absolute atomic E-state index is 12.5. The van der Waals surface area contributed by atoms with Crippen LogP contribution in [0.15, 0.2) is 75.4 Å². The molecule has 254 valence electrons. The zero-order valence-corrected chi connectivity index (χ0v) is 28.1. The van der Waals surface area contributed by atoms with Gasteiger partial charge in [0.05, 0.1) is 48.7 Å². The molecule has 5 N–H and O–H groups in total. The molecule has 2 atom stereocenters. The van der Waals surface area contributed by atoms with Crippen molar-refractivity contribution < 1.29 is 48.3 Å². The molecule has 0 saturated heterocycles. The van der Waals surface area contributed by atoms with Crippen LogP contribution in [0.1, 0.15) is 46.9 Å². The van der Waals surface area contributed by atoms with Gasteiger partial charge in [-0.25, -0.2) is 14.4 Å². The summed E-state index contributed by atoms with van der Waals surface area (Å²) in [5, 5.41) is 29.0. The van der Waals surface area contributed by atoms with Crippen molar-refractivity contribution in [2.45, 2.75) is 32.7 Å². The Labute approximate surface area is 284 Å². The van der Waals surface area contributed by atoms with Gasteiger partial charge in [-0.3, -0.25) is 5.43 Å². The first-order valence-corrected chi connectivity index (χ1v) is 15.4. The van der Waals surface area contributed by atoms with Gasteiger partial charge in [0.1, 0.15) is 13.2 Å². The SMILES string of the molecule is CCOc1cc([C@@H]2NC(=O)NC(C)=C2C(=O)OC)ccc1OC[C@H](O)N/N=C\c1cc(Br)c(OCc2ccc(C(=O)O)cc2)c(OC)c1. The number of hydrogen-bond donors (Lipinski definition) is 5. The van der Waals surface area contributed by atoms with Crippen molar-refractivity contribution in [3.8, 4) is 23.0 Å². The largest absolute Gasteiger partial charge is 0.493 e. The molecule has 0 aliphatic carbocycles. The fraction of sp³-hybridized carbons (Fsp3) is 0.273. The van der Waals surface area contributed by atoms with Gasteiger partial charge in [-0.05, 0) is 82.9 Å². The van der Waals surface area contributed by atoms with Crippen LogP contribution in [0.2, 0.25) is 0 Å². The minimum absolute atomic E-state index is 0.184. The summed E-state index contributed by atoms with van der Waals surface area (Å²) in [7, 11) is 2.76. The Kier molecular flexibility index (Phi) is 12.2. The first-order chi connectivity index (χ1) is 23.0. The van der Waals surface area contributed by atoms with Crippen LogP contribution in [0.3, 0.4) is 0 Å². The summed E-state index contributed by atoms with van der Waals surface area (Å²) in [6.45, 7) is 3.71. The van der Waals surface area contributed by atoms with Gasteiger partial charge in [0.2, 0.25) is 0 Å². The number of carbonyl (C=O) groups is 3. The quantitative estimate of drug-likeness (QED) is 0.0652. The highest BCUT2D eigenvalue weighted by Gasteiger charge is 2.32. The highest BCUT2D eigenvalue weighted by Crippen LogP contribution is 2.37. The number of hydrogen-bond acceptors (Lipinski definition) is 11. The smallest absolute Gasteiger partial charge is 0.337 e. The predicted molar refractivity (Wildman–Crippen MR) is 177 cm³/mol. The van der Waals surface area contributed by atoms with Gasteiger partial charge in [0.15, 0.2) is 29.2 Å². The zero-order chi connectivity index (χ0) is 34.8. The number of rotatable bonds is 15. The summed E-state index contributed by atoms with van der Waals surface area (Å²) in [6, 6.07) is 13.5. The number of carboxylic acids is 1. The van der Waals surface area contributed by atoms with Crippen LogP contribution < -0.4 is 35.0 Å². The molecule has 1 aliphatic rings. The number of carboxylic acid groups (broad SMARTS) is 1. The molecular weight excluding hydrogens is 692 g/mol. The van der Waals surface area contributed by atoms with E-state index in [-0.39, 0.29) is 24.4 Å². The molecule has 0 unspecified atom stereocenters. The van der Waals surface area contributed by atoms with E-state index in [1.165, 1.54) is 32.6 Å². The van der Waals surface area contributed by atoms with Crippen molar-refractivity contribution in [1.82, 2.24) is 16.1 Å². The number of urea groups is 1. The van der Waals surface area contributed by atoms with Gasteiger partial charge in [0.25, 0.3) is 0 Å². The van der Waals surface area contributed by atoms with E-state index in [4.69, 9.17) is 28.8 Å². The van der Waals surface area contributed by atoms with Crippen molar-refractivity contribution in [1.29, 1.82) is 0 Å². The minimum Gasteiger partial charge on any atom is -0.493 e. The minimum atomic E-state index is -1.20. The maximum Gasteiger partial charge on any atom is 0.337 e. The average molecular weight is 728 g/mol. The normalized spacial score (nSPS) is 14.9. The van der Waals surface area contributed by atoms with Crippen molar-refractivity contribution in [3.05, 3.63) is 92.6 Å². The zero-order valence-electron chi connectivity index (χ0n) is 26.5. The number of esters is 1. The van der Waals surface area contributed by atoms with Gasteiger partial charge in [0, 0.05) is 5.70 Å². The van der Waals surface area contributed by atoms with Crippen LogP contribution in [-0.4, -0.2) is 68.1 Å². The molecule has 4 rings (SSSR count). The highest BCUT2D eigenvalue weighted by atomic mass is 79.9. The molecule has 0 spiro atoms. The Morgan fingerprint density at radius 2 is 1.79 bits per heavy atom. The Bertz CT molecular complexity index is 1710. The predicted octanol–water partition coefficient (Wildman–Crippen LogP) is 4.26. The van der Waals surface area contributed by atoms with Gasteiger partial charge < -0.3 is 44.5 Å². The van der Waals surface area contributed by atoms with E-state index in [1.807, 2.05) is 0 Å². The molecular formula is C33H35BrN4O10. The fourth-order valence-corrected chi connectivity index (χ4v) is 5.25. The first kappa shape index (κ1) is 35.6. The van der Waals surface area contributed by atoms with Gasteiger partial charge >= 0.3 is 18.0 Å². The van der Waals surface area contributed by atoms with Crippen LogP contribution >= 0.6 is 15.9 Å². The van der Waals surface area contributed by atoms with Crippen LogP contribution in [-0.2, 0) is 16.1 Å². The van der Waals surface area contributed by atoms with E-state index >= 15 is 0 Å². The number of halogens is 1. The van der Waals surface area contributed by atoms with Crippen LogP contribution in [0.25, 0.3) is 0 Å². The molecule has 0 fully saturated rings. The molecule has 3 aromatic rings. The van der Waals surface area contributed by atoms with Crippen LogP contribution in [0.5, 0.6) is 23.0 Å². The van der Waals surface area contributed by atoms with E-state index in [0.29, 0.717) is 50.9 Å². The summed E-state index contributed by atoms with van der Waals surface area (Å²) in [4.78, 5) is 35.7. The van der Waals surface area contributed by atoms with Crippen LogP contribution in [0, 0.1) is 0 Å². The lowest BCUT2D eigenvalue weighted by Gasteiger charge is -2.28. The molecule has 1 heterocycles. The lowest BCUT2D eigenvalue weighted by atomic mass is 9.95. The van der Waals surface area contributed by atoms with Crippen molar-refractivity contribution in [2.75, 3.05) is 27.4 Å². The lowest BCUT2D eigenvalue weighted by Crippen LogP contribution is -2.45. The molecule has 0 radical (unpaired) electrons. The Hall–Kier alpha value is -5.28. The number of nitrogens with one attached hydrogen (secondary N) is 3. The third-order valence-electron chi connectivity index (χ3n) is 6.95. The van der Waals surface area contributed by atoms with Crippen molar-refractivity contribution in [2.24, 2.45) is 5.10 Å². The number of benzene rings is 3. The van der Waals surface area contributed by atoms with Gasteiger partial charge in [-0.1, -0.05) is 18.2 Å². The third kappa shape index (κ3) is 8.95. The number of aromatic carboxylic acids is 1. The number of nitrogens with zero attached hydrogens (tertiary/aromatic N) is 1. The van der Waals surface area contributed by atoms with E-state index in [0.717, 1.165) is 5.56 Å². The number of amides is 2. The standard InChI is InChI=1S/C33H35BrN4O10/c1-5-46-25-14-22(29-28(32(42)45-4)18(2)36-33(43)37-29)10-11-24(25)47-17-27(39)38-35-15-20-12-23(34)30(26(13-20)44-3)48-16-19-6-8-21(9-7-19)31(40)41/h6-15,27,29,38-39H,5,16-17H2,1-4H3,(H,40,41)(H2,36,37,43)/b35-15-/t27-,29-/m0/s1. The molecule has 0 aromatic heterocycles. The van der Waals surface area contributed by atoms with E-state index in [9.17, 15) is 19.5 Å². The number of ether oxygens (including phenoxy) is 5. The van der Waals surface area contributed by atoms with E-state index < -0.39 is 30.2 Å². The highest BCUT2D eigenvalue weighted by molar-refractivity contribution is 9.10. The number of aliphatic hydroxyl groups is 1. The number of hydrazone groups is 1. The van der Waals surface area contributed by atoms with Gasteiger partial charge in [-0.15, -0.1) is 0 Å². The summed E-state index contributed by atoms with van der Waals surface area (Å²) in [5.74, 6) is -0.0433. The van der Waals surface area contributed by atoms with E-state index in [2.05, 4.69) is 37.1 Å². The number of aliphatic hydroxyl groups excluding tert-OH is 1. The van der Waals surface area contributed by atoms with Gasteiger partial charge in [-0.2, -0.15) is 5.10 Å². The molecule has 48 heavy (non-hydrogen) atoms. The maximum atomic E-state index is 12.5. The molecule has 2 amide bonds. The first-order valence-electron chi connectivity index (χ1n) is 14.6. The molecule has 3 aromatic carbocycles. The summed E-state index contributed by atoms with van der Waals surface area (Å²) >= 11 is 3.49. The molecule has 0 bridgehead atoms. The molecule has 0 saturated carbocycles. The molecule has 1 aliphatic heterocycles. The number of methoxy groups -OCH3 is 2. The Morgan fingerprint density at radius 1 is 1.04 bits per heavy atom. The Balaban J connectivity index is 1.38. The number of carbonyl (C=O) groups excluding carboxylic acids is 2. The second kappa shape index (κ2) is 16.5. The second-order valence-electron chi connectivity index (χ2n) is 10.2. The lowest BCUT2D eigenvalue weighted by molar-refractivity contribution is -0.136. The fourth-order valence-electron chi connectivity index (χ4n) is 4.67. The monoisotopic (exact) mass is 726 g/mol. The third-order valence-corrected chi connectivity index (χ3v) is 7.53. The summed E-state index contributed by atoms with van der Waals surface area (Å²) in [6.07, 6.45) is 0.281. The summed E-state index contributed by atoms with van der Waals surface area (Å²) < 4.78 is 28.5. The molecule has 14 nitrogen and oxygen atoms in total. The van der Waals surface area contributed by atoms with Crippen LogP contribution in [0.4, 0.5) is 4.79 Å². The summed E-state index contributed by atoms with van der Waals surface area (Å²) in [5.41, 5.74) is 5.39. The van der Waals surface area contributed by atoms with Crippen molar-refractivity contribution in [3.63, 3.8) is 0 Å². The Morgan fingerprint density at radius 3 is 2.46 bits per heavy atom. The average Bonchev–Trinajstić information content (AvgIpc) is 3.06. The van der Waals surface area contributed by atoms with E-state index in [1.54, 1.807) is 56.3 Å².